The number of rotatable bonds is 14. The molecule has 0 aromatic rings. The standard InChI is InChI=1S/C22H44N4O4/c1-3-5-14-25-20(27)29-16-12-22(24,19(23)18-10-8-7-9-11-18)13-17-30-21(28)26-15-6-4-2/h18-19H,3-17,23-24H2,1-2H3,(H,25,27)(H,26,28). The highest BCUT2D eigenvalue weighted by atomic mass is 16.6. The summed E-state index contributed by atoms with van der Waals surface area (Å²) in [5.41, 5.74) is 12.6. The number of nitrogens with two attached hydrogens (primary N) is 2. The van der Waals surface area contributed by atoms with E-state index < -0.39 is 17.7 Å². The number of ether oxygens (including phenoxy) is 2. The van der Waals surface area contributed by atoms with Crippen LogP contribution in [0.15, 0.2) is 0 Å². The van der Waals surface area contributed by atoms with Crippen LogP contribution in [0.2, 0.25) is 0 Å². The number of alkyl carbamates (subject to hydrolysis) is 2. The summed E-state index contributed by atoms with van der Waals surface area (Å²) < 4.78 is 10.6. The molecule has 1 atom stereocenters. The van der Waals surface area contributed by atoms with E-state index in [2.05, 4.69) is 24.5 Å². The van der Waals surface area contributed by atoms with Crippen LogP contribution in [0.25, 0.3) is 0 Å². The fraction of sp³-hybridized carbons (Fsp3) is 0.909. The maximum absolute atomic E-state index is 11.8. The van der Waals surface area contributed by atoms with Gasteiger partial charge in [-0.25, -0.2) is 9.59 Å². The summed E-state index contributed by atoms with van der Waals surface area (Å²) in [6, 6.07) is -0.226. The average Bonchev–Trinajstić information content (AvgIpc) is 2.74. The Bertz CT molecular complexity index is 456. The van der Waals surface area contributed by atoms with Crippen LogP contribution in [0, 0.1) is 5.92 Å². The molecule has 0 aliphatic heterocycles. The fourth-order valence-corrected chi connectivity index (χ4v) is 3.93. The van der Waals surface area contributed by atoms with Gasteiger partial charge in [-0.05, 0) is 31.6 Å². The zero-order chi connectivity index (χ0) is 22.2. The third kappa shape index (κ3) is 10.5. The minimum absolute atomic E-state index is 0.192. The van der Waals surface area contributed by atoms with E-state index >= 15 is 0 Å². The normalized spacial score (nSPS) is 16.0. The van der Waals surface area contributed by atoms with E-state index in [-0.39, 0.29) is 19.3 Å². The van der Waals surface area contributed by atoms with Gasteiger partial charge in [0, 0.05) is 37.5 Å². The van der Waals surface area contributed by atoms with Crippen molar-refractivity contribution in [3.63, 3.8) is 0 Å². The quantitative estimate of drug-likeness (QED) is 0.314. The Balaban J connectivity index is 2.55. The summed E-state index contributed by atoms with van der Waals surface area (Å²) >= 11 is 0. The topological polar surface area (TPSA) is 129 Å². The molecule has 1 rings (SSSR count). The van der Waals surface area contributed by atoms with Crippen molar-refractivity contribution in [2.24, 2.45) is 17.4 Å². The van der Waals surface area contributed by atoms with E-state index in [1.165, 1.54) is 19.3 Å². The summed E-state index contributed by atoms with van der Waals surface area (Å²) in [4.78, 5) is 23.6. The molecule has 6 N–H and O–H groups in total. The summed E-state index contributed by atoms with van der Waals surface area (Å²) in [6.07, 6.45) is 9.58. The predicted octanol–water partition coefficient (Wildman–Crippen LogP) is 3.42. The van der Waals surface area contributed by atoms with Gasteiger partial charge >= 0.3 is 12.2 Å². The molecule has 176 valence electrons. The first-order valence-electron chi connectivity index (χ1n) is 11.8. The largest absolute Gasteiger partial charge is 0.449 e. The summed E-state index contributed by atoms with van der Waals surface area (Å²) in [6.45, 7) is 5.72. The van der Waals surface area contributed by atoms with Crippen molar-refractivity contribution in [3.8, 4) is 0 Å². The zero-order valence-electron chi connectivity index (χ0n) is 19.0. The van der Waals surface area contributed by atoms with Crippen molar-refractivity contribution in [1.29, 1.82) is 0 Å². The van der Waals surface area contributed by atoms with Crippen LogP contribution in [-0.2, 0) is 9.47 Å². The number of carbonyl (C=O) groups is 2. The molecular formula is C22H44N4O4. The minimum Gasteiger partial charge on any atom is -0.449 e. The molecule has 0 bridgehead atoms. The monoisotopic (exact) mass is 428 g/mol. The van der Waals surface area contributed by atoms with Crippen molar-refractivity contribution < 1.29 is 19.1 Å². The van der Waals surface area contributed by atoms with E-state index in [1.807, 2.05) is 0 Å². The SMILES string of the molecule is CCCCNC(=O)OCCC(N)(CCOC(=O)NCCCC)C(N)C1CCCCC1. The van der Waals surface area contributed by atoms with Crippen LogP contribution in [0.5, 0.6) is 0 Å². The number of hydrogen-bond donors (Lipinski definition) is 4. The molecule has 8 nitrogen and oxygen atoms in total. The van der Waals surface area contributed by atoms with E-state index in [0.717, 1.165) is 38.5 Å². The lowest BCUT2D eigenvalue weighted by molar-refractivity contribution is 0.0984. The van der Waals surface area contributed by atoms with Gasteiger partial charge < -0.3 is 31.6 Å². The number of carbonyl (C=O) groups excluding carboxylic acids is 2. The van der Waals surface area contributed by atoms with Gasteiger partial charge in [-0.3, -0.25) is 0 Å². The van der Waals surface area contributed by atoms with Crippen molar-refractivity contribution in [2.45, 2.75) is 96.1 Å². The number of unbranched alkanes of at least 4 members (excludes halogenated alkanes) is 2. The maximum atomic E-state index is 11.8. The molecule has 1 aliphatic rings. The summed E-state index contributed by atoms with van der Waals surface area (Å²) in [5, 5.41) is 5.47. The fourth-order valence-electron chi connectivity index (χ4n) is 3.93. The van der Waals surface area contributed by atoms with Crippen LogP contribution in [0.3, 0.4) is 0 Å². The second-order valence-electron chi connectivity index (χ2n) is 8.49. The van der Waals surface area contributed by atoms with Crippen LogP contribution in [0.1, 0.15) is 84.5 Å². The highest BCUT2D eigenvalue weighted by Gasteiger charge is 2.38. The predicted molar refractivity (Wildman–Crippen MR) is 119 cm³/mol. The lowest BCUT2D eigenvalue weighted by Crippen LogP contribution is -2.60. The Kier molecular flexibility index (Phi) is 13.5. The molecule has 0 saturated heterocycles. The minimum atomic E-state index is -0.755. The summed E-state index contributed by atoms with van der Waals surface area (Å²) in [7, 11) is 0. The first-order valence-corrected chi connectivity index (χ1v) is 11.8. The van der Waals surface area contributed by atoms with Gasteiger partial charge in [-0.2, -0.15) is 0 Å². The van der Waals surface area contributed by atoms with Crippen molar-refractivity contribution in [1.82, 2.24) is 10.6 Å². The van der Waals surface area contributed by atoms with Gasteiger partial charge in [-0.15, -0.1) is 0 Å². The molecule has 0 heterocycles. The molecule has 1 unspecified atom stereocenters. The Morgan fingerprint density at radius 1 is 0.933 bits per heavy atom. The van der Waals surface area contributed by atoms with Crippen LogP contribution < -0.4 is 22.1 Å². The first kappa shape index (κ1) is 26.5. The van der Waals surface area contributed by atoms with E-state index in [9.17, 15) is 9.59 Å². The molecule has 0 aromatic carbocycles. The van der Waals surface area contributed by atoms with E-state index in [4.69, 9.17) is 20.9 Å². The number of nitrogens with one attached hydrogen (secondary N) is 2. The lowest BCUT2D eigenvalue weighted by Gasteiger charge is -2.41. The molecule has 1 aliphatic carbocycles. The van der Waals surface area contributed by atoms with Crippen LogP contribution in [-0.4, -0.2) is 50.1 Å². The van der Waals surface area contributed by atoms with Gasteiger partial charge in [-0.1, -0.05) is 46.0 Å². The molecule has 0 aromatic heterocycles. The number of amides is 2. The molecule has 2 amide bonds. The third-order valence-electron chi connectivity index (χ3n) is 6.02. The molecule has 8 heteroatoms. The third-order valence-corrected chi connectivity index (χ3v) is 6.02. The average molecular weight is 429 g/mol. The molecule has 0 spiro atoms. The maximum Gasteiger partial charge on any atom is 0.407 e. The zero-order valence-corrected chi connectivity index (χ0v) is 19.0. The van der Waals surface area contributed by atoms with Crippen LogP contribution in [0.4, 0.5) is 9.59 Å². The Labute approximate surface area is 182 Å². The smallest absolute Gasteiger partial charge is 0.407 e. The first-order chi connectivity index (χ1) is 14.4. The van der Waals surface area contributed by atoms with E-state index in [1.54, 1.807) is 0 Å². The molecule has 1 fully saturated rings. The summed E-state index contributed by atoms with van der Waals surface area (Å²) in [5.74, 6) is 0.348. The Hall–Kier alpha value is -1.54. The van der Waals surface area contributed by atoms with Crippen molar-refractivity contribution in [2.75, 3.05) is 26.3 Å². The lowest BCUT2D eigenvalue weighted by atomic mass is 9.73. The highest BCUT2D eigenvalue weighted by molar-refractivity contribution is 5.67. The van der Waals surface area contributed by atoms with Gasteiger partial charge in [0.25, 0.3) is 0 Å². The molecule has 1 saturated carbocycles. The Morgan fingerprint density at radius 2 is 1.40 bits per heavy atom. The second-order valence-corrected chi connectivity index (χ2v) is 8.49. The van der Waals surface area contributed by atoms with Crippen LogP contribution >= 0.6 is 0 Å². The molecule has 30 heavy (non-hydrogen) atoms. The number of hydrogen-bond acceptors (Lipinski definition) is 6. The Morgan fingerprint density at radius 3 is 1.83 bits per heavy atom. The van der Waals surface area contributed by atoms with E-state index in [0.29, 0.717) is 31.8 Å². The van der Waals surface area contributed by atoms with Gasteiger partial charge in [0.15, 0.2) is 0 Å². The van der Waals surface area contributed by atoms with Gasteiger partial charge in [0.2, 0.25) is 0 Å². The molecular weight excluding hydrogens is 384 g/mol. The molecule has 0 radical (unpaired) electrons. The van der Waals surface area contributed by atoms with Crippen molar-refractivity contribution in [3.05, 3.63) is 0 Å². The van der Waals surface area contributed by atoms with Gasteiger partial charge in [0.05, 0.1) is 13.2 Å². The second kappa shape index (κ2) is 15.3. The van der Waals surface area contributed by atoms with Gasteiger partial charge in [0.1, 0.15) is 0 Å². The van der Waals surface area contributed by atoms with Crippen molar-refractivity contribution >= 4 is 12.2 Å². The highest BCUT2D eigenvalue weighted by Crippen LogP contribution is 2.32.